The summed E-state index contributed by atoms with van der Waals surface area (Å²) in [6, 6.07) is 25.8. The first-order valence-corrected chi connectivity index (χ1v) is 8.51. The van der Waals surface area contributed by atoms with E-state index in [0.717, 1.165) is 11.3 Å². The van der Waals surface area contributed by atoms with Gasteiger partial charge in [-0.2, -0.15) is 4.57 Å². The normalized spacial score (nSPS) is 14.8. The molecule has 0 saturated carbocycles. The van der Waals surface area contributed by atoms with E-state index in [0.29, 0.717) is 0 Å². The van der Waals surface area contributed by atoms with Crippen LogP contribution in [0.3, 0.4) is 0 Å². The van der Waals surface area contributed by atoms with Crippen molar-refractivity contribution in [3.8, 4) is 5.69 Å². The molecule has 0 fully saturated rings. The van der Waals surface area contributed by atoms with Gasteiger partial charge in [0.15, 0.2) is 6.20 Å². The number of rotatable bonds is 2. The molecular formula is C22H15N2O2+. The number of para-hydroxylation sites is 1. The standard InChI is InChI=1S/C22H15N2O2/c25-24(26)17-11-9-16(10-12-17)21-19-7-3-4-8-20(19)23-14-13-15-5-1-2-6-18(15)22(21)23/h1-14,21H/q+1. The molecule has 0 amide bonds. The van der Waals surface area contributed by atoms with Crippen molar-refractivity contribution in [2.24, 2.45) is 0 Å². The van der Waals surface area contributed by atoms with E-state index in [9.17, 15) is 10.1 Å². The lowest BCUT2D eigenvalue weighted by Crippen LogP contribution is -2.31. The highest BCUT2D eigenvalue weighted by Crippen LogP contribution is 2.40. The summed E-state index contributed by atoms with van der Waals surface area (Å²) in [5.74, 6) is 0.0538. The van der Waals surface area contributed by atoms with Crippen LogP contribution >= 0.6 is 0 Å². The van der Waals surface area contributed by atoms with Crippen LogP contribution in [0.5, 0.6) is 0 Å². The van der Waals surface area contributed by atoms with E-state index < -0.39 is 0 Å². The number of hydrogen-bond donors (Lipinski definition) is 0. The first kappa shape index (κ1) is 14.8. The first-order valence-electron chi connectivity index (χ1n) is 8.51. The van der Waals surface area contributed by atoms with Crippen LogP contribution in [-0.4, -0.2) is 4.92 Å². The summed E-state index contributed by atoms with van der Waals surface area (Å²) >= 11 is 0. The minimum atomic E-state index is -0.357. The molecule has 1 atom stereocenters. The molecule has 5 rings (SSSR count). The number of benzene rings is 3. The number of fused-ring (bicyclic) bond motifs is 5. The van der Waals surface area contributed by atoms with Crippen LogP contribution in [0.15, 0.2) is 85.1 Å². The fourth-order valence-corrected chi connectivity index (χ4v) is 3.97. The second kappa shape index (κ2) is 5.49. The molecule has 0 N–H and O–H groups in total. The molecule has 1 aliphatic rings. The number of aromatic nitrogens is 1. The van der Waals surface area contributed by atoms with Gasteiger partial charge in [0.05, 0.1) is 10.3 Å². The fraction of sp³-hybridized carbons (Fsp3) is 0.0455. The Morgan fingerprint density at radius 3 is 2.38 bits per heavy atom. The lowest BCUT2D eigenvalue weighted by molar-refractivity contribution is -0.596. The Kier molecular flexibility index (Phi) is 3.12. The minimum Gasteiger partial charge on any atom is -0.258 e. The molecular weight excluding hydrogens is 324 g/mol. The average Bonchev–Trinajstić information content (AvgIpc) is 3.03. The van der Waals surface area contributed by atoms with Gasteiger partial charge >= 0.3 is 0 Å². The molecule has 1 aliphatic heterocycles. The number of nitro groups is 1. The van der Waals surface area contributed by atoms with Crippen molar-refractivity contribution in [2.75, 3.05) is 0 Å². The summed E-state index contributed by atoms with van der Waals surface area (Å²) in [6.07, 6.45) is 2.11. The molecule has 0 radical (unpaired) electrons. The largest absolute Gasteiger partial charge is 0.269 e. The highest BCUT2D eigenvalue weighted by molar-refractivity contribution is 5.85. The quantitative estimate of drug-likeness (QED) is 0.270. The number of nitro benzene ring substituents is 1. The summed E-state index contributed by atoms with van der Waals surface area (Å²) in [5, 5.41) is 13.4. The van der Waals surface area contributed by atoms with Gasteiger partial charge < -0.3 is 0 Å². The Morgan fingerprint density at radius 1 is 0.846 bits per heavy atom. The zero-order chi connectivity index (χ0) is 17.7. The van der Waals surface area contributed by atoms with E-state index in [1.165, 1.54) is 22.0 Å². The smallest absolute Gasteiger partial charge is 0.258 e. The Balaban J connectivity index is 1.80. The maximum atomic E-state index is 11.0. The molecule has 0 saturated heterocycles. The maximum Gasteiger partial charge on any atom is 0.269 e. The lowest BCUT2D eigenvalue weighted by Gasteiger charge is -2.10. The summed E-state index contributed by atoms with van der Waals surface area (Å²) in [7, 11) is 0. The molecule has 1 unspecified atom stereocenters. The lowest BCUT2D eigenvalue weighted by atomic mass is 9.88. The third kappa shape index (κ3) is 2.05. The fourth-order valence-electron chi connectivity index (χ4n) is 3.97. The van der Waals surface area contributed by atoms with Gasteiger partial charge in [0.25, 0.3) is 5.69 Å². The van der Waals surface area contributed by atoms with Crippen LogP contribution in [0.1, 0.15) is 22.7 Å². The van der Waals surface area contributed by atoms with Crippen LogP contribution in [-0.2, 0) is 0 Å². The highest BCUT2D eigenvalue weighted by atomic mass is 16.6. The zero-order valence-electron chi connectivity index (χ0n) is 13.9. The van der Waals surface area contributed by atoms with Crippen LogP contribution in [0.4, 0.5) is 5.69 Å². The second-order valence-corrected chi connectivity index (χ2v) is 6.50. The van der Waals surface area contributed by atoms with Crippen molar-refractivity contribution in [3.05, 3.63) is 112 Å². The van der Waals surface area contributed by atoms with E-state index in [-0.39, 0.29) is 16.5 Å². The van der Waals surface area contributed by atoms with Gasteiger partial charge in [-0.05, 0) is 17.0 Å². The number of nitrogens with zero attached hydrogens (tertiary/aromatic N) is 2. The third-order valence-corrected chi connectivity index (χ3v) is 5.12. The van der Waals surface area contributed by atoms with Gasteiger partial charge in [0, 0.05) is 29.8 Å². The zero-order valence-corrected chi connectivity index (χ0v) is 13.9. The van der Waals surface area contributed by atoms with Crippen molar-refractivity contribution >= 4 is 16.5 Å². The van der Waals surface area contributed by atoms with Crippen molar-refractivity contribution < 1.29 is 9.49 Å². The monoisotopic (exact) mass is 339 g/mol. The molecule has 26 heavy (non-hydrogen) atoms. The Morgan fingerprint density at radius 2 is 1.58 bits per heavy atom. The predicted octanol–water partition coefficient (Wildman–Crippen LogP) is 4.52. The highest BCUT2D eigenvalue weighted by Gasteiger charge is 2.39. The van der Waals surface area contributed by atoms with Gasteiger partial charge in [0.2, 0.25) is 11.4 Å². The van der Waals surface area contributed by atoms with Crippen LogP contribution in [0.25, 0.3) is 16.5 Å². The molecule has 0 bridgehead atoms. The average molecular weight is 339 g/mol. The minimum absolute atomic E-state index is 0.0538. The van der Waals surface area contributed by atoms with E-state index in [1.54, 1.807) is 12.1 Å². The SMILES string of the molecule is O=[N+]([O-])c1ccc(C2c3ccccc3-[n+]3ccc4ccccc4c32)cc1. The Bertz CT molecular complexity index is 1170. The first-order chi connectivity index (χ1) is 12.7. The molecule has 1 aromatic heterocycles. The Hall–Kier alpha value is -3.53. The van der Waals surface area contributed by atoms with Gasteiger partial charge in [0.1, 0.15) is 5.92 Å². The molecule has 4 heteroatoms. The van der Waals surface area contributed by atoms with E-state index in [2.05, 4.69) is 47.2 Å². The summed E-state index contributed by atoms with van der Waals surface area (Å²) in [4.78, 5) is 10.6. The number of hydrogen-bond acceptors (Lipinski definition) is 2. The summed E-state index contributed by atoms with van der Waals surface area (Å²) < 4.78 is 2.24. The van der Waals surface area contributed by atoms with Crippen molar-refractivity contribution in [1.29, 1.82) is 0 Å². The maximum absolute atomic E-state index is 11.0. The van der Waals surface area contributed by atoms with Crippen LogP contribution in [0, 0.1) is 10.1 Å². The van der Waals surface area contributed by atoms with Gasteiger partial charge in [-0.1, -0.05) is 48.5 Å². The molecule has 124 valence electrons. The number of pyridine rings is 1. The molecule has 2 heterocycles. The Labute approximate surface area is 150 Å². The summed E-state index contributed by atoms with van der Waals surface area (Å²) in [5.41, 5.74) is 4.77. The summed E-state index contributed by atoms with van der Waals surface area (Å²) in [6.45, 7) is 0. The van der Waals surface area contributed by atoms with Gasteiger partial charge in [-0.15, -0.1) is 0 Å². The van der Waals surface area contributed by atoms with Crippen LogP contribution < -0.4 is 4.57 Å². The topological polar surface area (TPSA) is 47.0 Å². The van der Waals surface area contributed by atoms with Gasteiger partial charge in [-0.25, -0.2) is 0 Å². The van der Waals surface area contributed by atoms with E-state index in [1.807, 2.05) is 30.3 Å². The van der Waals surface area contributed by atoms with Crippen LogP contribution in [0.2, 0.25) is 0 Å². The van der Waals surface area contributed by atoms with Crippen molar-refractivity contribution in [3.63, 3.8) is 0 Å². The molecule has 4 nitrogen and oxygen atoms in total. The van der Waals surface area contributed by atoms with E-state index in [4.69, 9.17) is 0 Å². The molecule has 0 aliphatic carbocycles. The van der Waals surface area contributed by atoms with E-state index >= 15 is 0 Å². The second-order valence-electron chi connectivity index (χ2n) is 6.50. The van der Waals surface area contributed by atoms with Crippen molar-refractivity contribution in [2.45, 2.75) is 5.92 Å². The molecule has 0 spiro atoms. The third-order valence-electron chi connectivity index (χ3n) is 5.12. The molecule has 3 aromatic carbocycles. The van der Waals surface area contributed by atoms with Crippen molar-refractivity contribution in [1.82, 2.24) is 0 Å². The number of non-ortho nitro benzene ring substituents is 1. The predicted molar refractivity (Wildman–Crippen MR) is 99.5 cm³/mol. The molecule has 4 aromatic rings. The van der Waals surface area contributed by atoms with Gasteiger partial charge in [-0.3, -0.25) is 10.1 Å².